The van der Waals surface area contributed by atoms with E-state index in [2.05, 4.69) is 4.98 Å². The van der Waals surface area contributed by atoms with Crippen molar-refractivity contribution >= 4 is 27.5 Å². The molecule has 160 valence electrons. The van der Waals surface area contributed by atoms with Crippen LogP contribution in [0.25, 0.3) is 27.6 Å². The first-order valence-corrected chi connectivity index (χ1v) is 10.7. The van der Waals surface area contributed by atoms with Crippen molar-refractivity contribution in [1.29, 1.82) is 0 Å². The molecule has 0 saturated heterocycles. The summed E-state index contributed by atoms with van der Waals surface area (Å²) in [5.41, 5.74) is 2.66. The predicted molar refractivity (Wildman–Crippen MR) is 121 cm³/mol. The molecule has 2 N–H and O–H groups in total. The van der Waals surface area contributed by atoms with Crippen LogP contribution in [0.2, 0.25) is 0 Å². The molecule has 31 heavy (non-hydrogen) atoms. The zero-order valence-corrected chi connectivity index (χ0v) is 18.1. The number of aryl methyl sites for hydroxylation is 1. The maximum atomic E-state index is 9.40. The van der Waals surface area contributed by atoms with Gasteiger partial charge in [0.1, 0.15) is 11.5 Å². The van der Waals surface area contributed by atoms with Crippen molar-refractivity contribution in [3.05, 3.63) is 76.7 Å². The minimum absolute atomic E-state index is 0.0825. The van der Waals surface area contributed by atoms with E-state index in [1.807, 2.05) is 60.8 Å². The molecule has 0 atom stereocenters. The number of aromatic nitrogens is 1. The molecule has 0 fully saturated rings. The second-order valence-electron chi connectivity index (χ2n) is 6.93. The molecule has 0 radical (unpaired) electrons. The molecule has 0 bridgehead atoms. The van der Waals surface area contributed by atoms with Gasteiger partial charge in [-0.1, -0.05) is 18.2 Å². The van der Waals surface area contributed by atoms with Gasteiger partial charge in [-0.25, -0.2) is 4.98 Å². The highest BCUT2D eigenvalue weighted by Gasteiger charge is 2.14. The Balaban J connectivity index is 1.49. The van der Waals surface area contributed by atoms with Crippen molar-refractivity contribution < 1.29 is 24.1 Å². The summed E-state index contributed by atoms with van der Waals surface area (Å²) in [5, 5.41) is 21.7. The number of thiophene rings is 1. The van der Waals surface area contributed by atoms with Gasteiger partial charge < -0.3 is 24.1 Å². The van der Waals surface area contributed by atoms with Gasteiger partial charge in [0.05, 0.1) is 19.4 Å². The Kier molecular flexibility index (Phi) is 6.36. The lowest BCUT2D eigenvalue weighted by Gasteiger charge is -2.10. The lowest BCUT2D eigenvalue weighted by Crippen LogP contribution is -2.09. The summed E-state index contributed by atoms with van der Waals surface area (Å²) in [6, 6.07) is 15.6. The Hall–Kier alpha value is -3.13. The van der Waals surface area contributed by atoms with E-state index in [4.69, 9.17) is 13.9 Å². The largest absolute Gasteiger partial charge is 0.496 e. The number of nitrogens with zero attached hydrogens (tertiary/aromatic N) is 1. The van der Waals surface area contributed by atoms with Gasteiger partial charge in [-0.15, -0.1) is 11.3 Å². The Bertz CT molecular complexity index is 1190. The molecule has 0 aliphatic heterocycles. The number of benzene rings is 2. The van der Waals surface area contributed by atoms with E-state index in [0.29, 0.717) is 18.9 Å². The fourth-order valence-electron chi connectivity index (χ4n) is 3.31. The third kappa shape index (κ3) is 4.64. The van der Waals surface area contributed by atoms with Crippen LogP contribution in [0.15, 0.2) is 64.1 Å². The van der Waals surface area contributed by atoms with Crippen LogP contribution in [0.5, 0.6) is 5.75 Å². The highest BCUT2D eigenvalue weighted by molar-refractivity contribution is 7.17. The maximum Gasteiger partial charge on any atom is 0.226 e. The molecule has 0 saturated carbocycles. The van der Waals surface area contributed by atoms with Gasteiger partial charge in [0.2, 0.25) is 12.2 Å². The third-order valence-corrected chi connectivity index (χ3v) is 5.87. The van der Waals surface area contributed by atoms with Gasteiger partial charge in [-0.2, -0.15) is 0 Å². The van der Waals surface area contributed by atoms with Gasteiger partial charge in [0, 0.05) is 22.1 Å². The first-order valence-electron chi connectivity index (χ1n) is 9.83. The number of aliphatic hydroxyl groups is 2. The molecule has 4 aromatic rings. The summed E-state index contributed by atoms with van der Waals surface area (Å²) >= 11 is 1.55. The molecule has 2 aromatic heterocycles. The molecular weight excluding hydrogens is 414 g/mol. The Labute approximate surface area is 184 Å². The average molecular weight is 438 g/mol. The normalized spacial score (nSPS) is 12.0. The highest BCUT2D eigenvalue weighted by atomic mass is 32.1. The summed E-state index contributed by atoms with van der Waals surface area (Å²) in [5.74, 6) is 2.25. The van der Waals surface area contributed by atoms with Crippen LogP contribution in [0.1, 0.15) is 17.0 Å². The molecule has 2 heterocycles. The van der Waals surface area contributed by atoms with Gasteiger partial charge in [0.25, 0.3) is 0 Å². The number of hydrogen-bond acceptors (Lipinski definition) is 7. The monoisotopic (exact) mass is 437 g/mol. The Morgan fingerprint density at radius 3 is 2.71 bits per heavy atom. The van der Waals surface area contributed by atoms with Crippen LogP contribution in [-0.2, 0) is 11.2 Å². The predicted octanol–water partition coefficient (Wildman–Crippen LogP) is 4.78. The summed E-state index contributed by atoms with van der Waals surface area (Å²) in [4.78, 5) is 4.62. The zero-order chi connectivity index (χ0) is 21.8. The summed E-state index contributed by atoms with van der Waals surface area (Å²) in [6.07, 6.45) is 0.583. The number of rotatable bonds is 8. The lowest BCUT2D eigenvalue weighted by molar-refractivity contribution is -0.0426. The highest BCUT2D eigenvalue weighted by Crippen LogP contribution is 2.34. The molecule has 4 rings (SSSR count). The van der Waals surface area contributed by atoms with Gasteiger partial charge in [0.15, 0.2) is 5.76 Å². The van der Waals surface area contributed by atoms with E-state index in [1.54, 1.807) is 17.4 Å². The second kappa shape index (κ2) is 9.34. The van der Waals surface area contributed by atoms with Gasteiger partial charge in [-0.05, 0) is 54.3 Å². The average Bonchev–Trinajstić information content (AvgIpc) is 3.41. The van der Waals surface area contributed by atoms with Crippen LogP contribution in [-0.4, -0.2) is 35.2 Å². The van der Waals surface area contributed by atoms with Crippen molar-refractivity contribution in [2.24, 2.45) is 0 Å². The number of hydrogen-bond donors (Lipinski definition) is 2. The molecule has 0 amide bonds. The van der Waals surface area contributed by atoms with Crippen LogP contribution < -0.4 is 4.74 Å². The van der Waals surface area contributed by atoms with E-state index in [1.165, 1.54) is 7.11 Å². The first-order chi connectivity index (χ1) is 15.1. The van der Waals surface area contributed by atoms with Crippen LogP contribution >= 0.6 is 11.3 Å². The van der Waals surface area contributed by atoms with Gasteiger partial charge >= 0.3 is 0 Å². The van der Waals surface area contributed by atoms with Crippen molar-refractivity contribution in [2.45, 2.75) is 19.6 Å². The fourth-order valence-corrected chi connectivity index (χ4v) is 4.21. The minimum atomic E-state index is -1.66. The summed E-state index contributed by atoms with van der Waals surface area (Å²) < 4.78 is 17.9. The van der Waals surface area contributed by atoms with Gasteiger partial charge in [-0.3, -0.25) is 0 Å². The van der Waals surface area contributed by atoms with Crippen molar-refractivity contribution in [1.82, 2.24) is 4.98 Å². The first kappa shape index (κ1) is 21.1. The summed E-state index contributed by atoms with van der Waals surface area (Å²) in [7, 11) is 1.41. The molecule has 0 spiro atoms. The maximum absolute atomic E-state index is 9.40. The van der Waals surface area contributed by atoms with E-state index in [9.17, 15) is 10.2 Å². The number of ether oxygens (including phenoxy) is 2. The molecule has 6 nitrogen and oxygen atoms in total. The van der Waals surface area contributed by atoms with Crippen LogP contribution in [0, 0.1) is 6.92 Å². The molecule has 0 aliphatic rings. The topological polar surface area (TPSA) is 85.0 Å². The summed E-state index contributed by atoms with van der Waals surface area (Å²) in [6.45, 7) is 2.37. The Morgan fingerprint density at radius 1 is 1.16 bits per heavy atom. The van der Waals surface area contributed by atoms with E-state index in [-0.39, 0.29) is 5.76 Å². The number of methoxy groups -OCH3 is 1. The number of oxazole rings is 1. The molecular formula is C24H23NO5S. The van der Waals surface area contributed by atoms with Crippen molar-refractivity contribution in [3.63, 3.8) is 0 Å². The molecule has 7 heteroatoms. The number of aliphatic hydroxyl groups excluding tert-OH is 1. The smallest absolute Gasteiger partial charge is 0.226 e. The molecule has 0 aliphatic carbocycles. The van der Waals surface area contributed by atoms with Crippen LogP contribution in [0.4, 0.5) is 0 Å². The van der Waals surface area contributed by atoms with E-state index >= 15 is 0 Å². The van der Waals surface area contributed by atoms with Crippen molar-refractivity contribution in [2.75, 3.05) is 13.7 Å². The van der Waals surface area contributed by atoms with Crippen molar-refractivity contribution in [3.8, 4) is 17.2 Å². The quantitative estimate of drug-likeness (QED) is 0.305. The number of fused-ring (bicyclic) bond motifs is 1. The molecule has 0 unspecified atom stereocenters. The minimum Gasteiger partial charge on any atom is -0.496 e. The van der Waals surface area contributed by atoms with E-state index in [0.717, 1.165) is 38.4 Å². The second-order valence-corrected chi connectivity index (χ2v) is 7.84. The van der Waals surface area contributed by atoms with E-state index < -0.39 is 6.29 Å². The molecule has 2 aromatic carbocycles. The third-order valence-electron chi connectivity index (χ3n) is 4.90. The zero-order valence-electron chi connectivity index (χ0n) is 17.2. The lowest BCUT2D eigenvalue weighted by atomic mass is 10.1. The standard InChI is InChI=1S/C24H23NO5S/c1-15-19(25-23(30-15)16-6-4-3-5-7-16)10-12-29-20-9-8-17(14-21(28-2)24(26)27)22-18(20)11-13-31-22/h3-9,11,13-14,24,26-27H,10,12H2,1-2H3/b21-14-. The SMILES string of the molecule is CO/C(=C\c1ccc(OCCc2nc(-c3ccccc3)oc2C)c2ccsc12)C(O)O. The fraction of sp³-hybridized carbons (Fsp3) is 0.208. The van der Waals surface area contributed by atoms with Crippen LogP contribution in [0.3, 0.4) is 0 Å². The Morgan fingerprint density at radius 2 is 1.97 bits per heavy atom.